The van der Waals surface area contributed by atoms with Crippen LogP contribution in [0, 0.1) is 25.2 Å². The largest absolute Gasteiger partial charge is 0.315 e. The molecule has 1 aliphatic heterocycles. The second-order valence-corrected chi connectivity index (χ2v) is 11.4. The first-order valence-corrected chi connectivity index (χ1v) is 13.3. The fourth-order valence-electron chi connectivity index (χ4n) is 4.83. The first kappa shape index (κ1) is 23.2. The molecule has 0 aromatic carbocycles. The van der Waals surface area contributed by atoms with Gasteiger partial charge in [-0.2, -0.15) is 5.26 Å². The van der Waals surface area contributed by atoms with Gasteiger partial charge in [0.2, 0.25) is 5.91 Å². The van der Waals surface area contributed by atoms with E-state index in [-0.39, 0.29) is 11.5 Å². The monoisotopic (exact) mass is 496 g/mol. The number of hydrogen-bond donors (Lipinski definition) is 2. The van der Waals surface area contributed by atoms with Crippen LogP contribution in [0.15, 0.2) is 4.79 Å². The summed E-state index contributed by atoms with van der Waals surface area (Å²) < 4.78 is 0. The molecule has 0 bridgehead atoms. The Morgan fingerprint density at radius 3 is 2.65 bits per heavy atom. The average Bonchev–Trinajstić information content (AvgIpc) is 3.30. The number of carbonyl (C=O) groups is 1. The number of H-pyrrole nitrogens is 1. The first-order chi connectivity index (χ1) is 16.4. The van der Waals surface area contributed by atoms with E-state index < -0.39 is 0 Å². The number of amides is 1. The van der Waals surface area contributed by atoms with Crippen LogP contribution in [0.25, 0.3) is 10.2 Å². The Morgan fingerprint density at radius 1 is 1.15 bits per heavy atom. The molecule has 178 valence electrons. The van der Waals surface area contributed by atoms with Crippen molar-refractivity contribution in [3.8, 4) is 6.07 Å². The van der Waals surface area contributed by atoms with Crippen molar-refractivity contribution < 1.29 is 4.79 Å². The molecule has 10 heteroatoms. The summed E-state index contributed by atoms with van der Waals surface area (Å²) in [6, 6.07) is 2.31. The van der Waals surface area contributed by atoms with Gasteiger partial charge >= 0.3 is 0 Å². The number of piperazine rings is 1. The maximum absolute atomic E-state index is 12.7. The molecule has 4 heterocycles. The summed E-state index contributed by atoms with van der Waals surface area (Å²) in [5.41, 5.74) is 2.74. The topological polar surface area (TPSA) is 105 Å². The summed E-state index contributed by atoms with van der Waals surface area (Å²) in [6.07, 6.45) is 4.20. The SMILES string of the molecule is Cc1sc2nc(CN3CCN(CC(=O)Nc4sc5c(c4C#N)CCCC5)CC3)[nH]c(=O)c2c1C. The molecule has 0 atom stereocenters. The number of aromatic nitrogens is 2. The van der Waals surface area contributed by atoms with Crippen molar-refractivity contribution in [1.29, 1.82) is 5.26 Å². The van der Waals surface area contributed by atoms with Gasteiger partial charge < -0.3 is 10.3 Å². The van der Waals surface area contributed by atoms with Gasteiger partial charge in [-0.15, -0.1) is 22.7 Å². The zero-order chi connectivity index (χ0) is 23.8. The van der Waals surface area contributed by atoms with E-state index in [1.165, 1.54) is 4.88 Å². The van der Waals surface area contributed by atoms with Crippen LogP contribution >= 0.6 is 22.7 Å². The fourth-order valence-corrected chi connectivity index (χ4v) is 7.14. The third-order valence-corrected chi connectivity index (χ3v) is 9.14. The van der Waals surface area contributed by atoms with Crippen LogP contribution in [0.2, 0.25) is 0 Å². The molecule has 0 radical (unpaired) electrons. The van der Waals surface area contributed by atoms with Gasteiger partial charge in [0.25, 0.3) is 5.56 Å². The molecule has 2 aliphatic rings. The molecule has 1 fully saturated rings. The molecule has 2 N–H and O–H groups in total. The molecule has 1 amide bonds. The van der Waals surface area contributed by atoms with Crippen LogP contribution < -0.4 is 10.9 Å². The molecule has 1 saturated heterocycles. The third kappa shape index (κ3) is 4.53. The minimum atomic E-state index is -0.0663. The van der Waals surface area contributed by atoms with Gasteiger partial charge in [0.1, 0.15) is 21.7 Å². The van der Waals surface area contributed by atoms with Crippen LogP contribution in [0.1, 0.15) is 45.1 Å². The zero-order valence-electron chi connectivity index (χ0n) is 19.5. The molecule has 0 unspecified atom stereocenters. The van der Waals surface area contributed by atoms with Crippen molar-refractivity contribution in [3.63, 3.8) is 0 Å². The van der Waals surface area contributed by atoms with E-state index in [9.17, 15) is 14.9 Å². The number of nitriles is 1. The Bertz CT molecular complexity index is 1340. The number of fused-ring (bicyclic) bond motifs is 2. The van der Waals surface area contributed by atoms with Crippen LogP contribution in [-0.2, 0) is 24.2 Å². The summed E-state index contributed by atoms with van der Waals surface area (Å²) >= 11 is 3.13. The second kappa shape index (κ2) is 9.58. The number of anilines is 1. The lowest BCUT2D eigenvalue weighted by Gasteiger charge is -2.33. The van der Waals surface area contributed by atoms with Gasteiger partial charge in [-0.1, -0.05) is 0 Å². The fraction of sp³-hybridized carbons (Fsp3) is 0.500. The van der Waals surface area contributed by atoms with E-state index in [1.54, 1.807) is 22.7 Å². The highest BCUT2D eigenvalue weighted by molar-refractivity contribution is 7.18. The van der Waals surface area contributed by atoms with E-state index >= 15 is 0 Å². The predicted molar refractivity (Wildman–Crippen MR) is 136 cm³/mol. The van der Waals surface area contributed by atoms with Crippen molar-refractivity contribution >= 4 is 43.8 Å². The highest BCUT2D eigenvalue weighted by atomic mass is 32.1. The molecule has 5 rings (SSSR count). The van der Waals surface area contributed by atoms with Gasteiger partial charge in [-0.3, -0.25) is 19.4 Å². The maximum Gasteiger partial charge on any atom is 0.259 e. The molecule has 34 heavy (non-hydrogen) atoms. The van der Waals surface area contributed by atoms with Gasteiger partial charge in [0, 0.05) is 35.9 Å². The summed E-state index contributed by atoms with van der Waals surface area (Å²) in [7, 11) is 0. The summed E-state index contributed by atoms with van der Waals surface area (Å²) in [5.74, 6) is 0.624. The Hall–Kier alpha value is -2.58. The minimum Gasteiger partial charge on any atom is -0.315 e. The number of aromatic amines is 1. The van der Waals surface area contributed by atoms with Crippen LogP contribution in [0.5, 0.6) is 0 Å². The quantitative estimate of drug-likeness (QED) is 0.562. The lowest BCUT2D eigenvalue weighted by Crippen LogP contribution is -2.48. The Labute approximate surface area is 206 Å². The standard InChI is InChI=1S/C24H28N6O2S2/c1-14-15(2)33-24-21(14)22(32)26-19(27-24)12-29-7-9-30(10-8-29)13-20(31)28-23-17(11-25)16-5-3-4-6-18(16)34-23/h3-10,12-13H2,1-2H3,(H,28,31)(H,26,27,32). The van der Waals surface area contributed by atoms with Crippen LogP contribution in [-0.4, -0.2) is 58.4 Å². The average molecular weight is 497 g/mol. The van der Waals surface area contributed by atoms with Gasteiger partial charge in [-0.05, 0) is 50.7 Å². The van der Waals surface area contributed by atoms with Gasteiger partial charge in [-0.25, -0.2) is 4.98 Å². The Morgan fingerprint density at radius 2 is 1.88 bits per heavy atom. The molecule has 0 spiro atoms. The zero-order valence-corrected chi connectivity index (χ0v) is 21.1. The number of nitrogens with zero attached hydrogens (tertiary/aromatic N) is 4. The molecule has 8 nitrogen and oxygen atoms in total. The first-order valence-electron chi connectivity index (χ1n) is 11.7. The number of rotatable bonds is 5. The Kier molecular flexibility index (Phi) is 6.53. The molecule has 1 aliphatic carbocycles. The Balaban J connectivity index is 1.16. The molecular weight excluding hydrogens is 468 g/mol. The summed E-state index contributed by atoms with van der Waals surface area (Å²) in [5, 5.41) is 14.0. The molecule has 3 aromatic heterocycles. The van der Waals surface area contributed by atoms with E-state index in [0.717, 1.165) is 72.7 Å². The molecule has 3 aromatic rings. The number of nitrogens with one attached hydrogen (secondary N) is 2. The minimum absolute atomic E-state index is 0.0656. The number of aryl methyl sites for hydroxylation is 3. The highest BCUT2D eigenvalue weighted by Gasteiger charge is 2.24. The van der Waals surface area contributed by atoms with Crippen LogP contribution in [0.4, 0.5) is 5.00 Å². The van der Waals surface area contributed by atoms with Crippen molar-refractivity contribution in [2.24, 2.45) is 0 Å². The van der Waals surface area contributed by atoms with Gasteiger partial charge in [0.05, 0.1) is 24.0 Å². The smallest absolute Gasteiger partial charge is 0.259 e. The van der Waals surface area contributed by atoms with E-state index in [1.807, 2.05) is 13.8 Å². The normalized spacial score (nSPS) is 17.0. The number of carbonyl (C=O) groups excluding carboxylic acids is 1. The second-order valence-electron chi connectivity index (χ2n) is 9.10. The van der Waals surface area contributed by atoms with E-state index in [4.69, 9.17) is 0 Å². The van der Waals surface area contributed by atoms with Gasteiger partial charge in [0.15, 0.2) is 0 Å². The molecule has 0 saturated carbocycles. The van der Waals surface area contributed by atoms with Crippen molar-refractivity contribution in [2.45, 2.75) is 46.1 Å². The number of thiophene rings is 2. The highest BCUT2D eigenvalue weighted by Crippen LogP contribution is 2.37. The van der Waals surface area contributed by atoms with Crippen molar-refractivity contribution in [2.75, 3.05) is 38.0 Å². The lowest BCUT2D eigenvalue weighted by atomic mass is 9.96. The number of hydrogen-bond acceptors (Lipinski definition) is 8. The molecular formula is C24H28N6O2S2. The third-order valence-electron chi connectivity index (χ3n) is 6.83. The van der Waals surface area contributed by atoms with E-state index in [0.29, 0.717) is 34.9 Å². The maximum atomic E-state index is 12.7. The summed E-state index contributed by atoms with van der Waals surface area (Å²) in [6.45, 7) is 8.02. The predicted octanol–water partition coefficient (Wildman–Crippen LogP) is 3.17. The van der Waals surface area contributed by atoms with E-state index in [2.05, 4.69) is 31.2 Å². The van der Waals surface area contributed by atoms with Crippen LogP contribution in [0.3, 0.4) is 0 Å². The van der Waals surface area contributed by atoms with Crippen molar-refractivity contribution in [1.82, 2.24) is 19.8 Å². The van der Waals surface area contributed by atoms with Crippen molar-refractivity contribution in [3.05, 3.63) is 42.6 Å². The lowest BCUT2D eigenvalue weighted by molar-refractivity contribution is -0.117. The summed E-state index contributed by atoms with van der Waals surface area (Å²) in [4.78, 5) is 40.5.